The molecule has 0 aromatic heterocycles. The van der Waals surface area contributed by atoms with Gasteiger partial charge in [0.25, 0.3) is 0 Å². The molecule has 0 bridgehead atoms. The van der Waals surface area contributed by atoms with Crippen molar-refractivity contribution in [1.82, 2.24) is 0 Å². The highest BCUT2D eigenvalue weighted by atomic mass is 19.1. The number of benzene rings is 2. The molecule has 3 N–H and O–H groups in total. The molecule has 0 spiro atoms. The summed E-state index contributed by atoms with van der Waals surface area (Å²) in [6, 6.07) is 8.03. The van der Waals surface area contributed by atoms with Crippen molar-refractivity contribution in [2.45, 2.75) is 46.3 Å². The summed E-state index contributed by atoms with van der Waals surface area (Å²) in [6.45, 7) is 4.79. The van der Waals surface area contributed by atoms with Crippen molar-refractivity contribution in [2.24, 2.45) is 5.73 Å². The molecule has 178 valence electrons. The Bertz CT molecular complexity index is 1050. The van der Waals surface area contributed by atoms with E-state index in [0.29, 0.717) is 5.56 Å². The maximum absolute atomic E-state index is 15.1. The summed E-state index contributed by atoms with van der Waals surface area (Å²) in [5, 5.41) is 10.3. The molecule has 0 radical (unpaired) electrons. The topological polar surface area (TPSA) is 81.8 Å². The van der Waals surface area contributed by atoms with E-state index >= 15 is 4.39 Å². The third kappa shape index (κ3) is 6.86. The van der Waals surface area contributed by atoms with Gasteiger partial charge in [0.2, 0.25) is 0 Å². The van der Waals surface area contributed by atoms with E-state index in [2.05, 4.69) is 0 Å². The predicted octanol–water partition coefficient (Wildman–Crippen LogP) is 5.53. The summed E-state index contributed by atoms with van der Waals surface area (Å²) in [5.41, 5.74) is 6.03. The SMILES string of the molecule is CCOC(=O)Cc1ccc(F)cc1O[C@H](C)/C(F)=C/C(=C(/O)CC)c1cccc(CN)c1F. The number of hydrogen-bond donors (Lipinski definition) is 2. The molecule has 0 heterocycles. The summed E-state index contributed by atoms with van der Waals surface area (Å²) < 4.78 is 54.2. The van der Waals surface area contributed by atoms with E-state index in [-0.39, 0.29) is 54.2 Å². The van der Waals surface area contributed by atoms with Gasteiger partial charge >= 0.3 is 5.97 Å². The molecule has 5 nitrogen and oxygen atoms in total. The van der Waals surface area contributed by atoms with E-state index in [0.717, 1.165) is 18.2 Å². The van der Waals surface area contributed by atoms with Gasteiger partial charge in [-0.25, -0.2) is 13.2 Å². The molecule has 0 amide bonds. The fourth-order valence-corrected chi connectivity index (χ4v) is 3.11. The quantitative estimate of drug-likeness (QED) is 0.275. The molecule has 0 aliphatic heterocycles. The molecule has 0 unspecified atom stereocenters. The van der Waals surface area contributed by atoms with Crippen LogP contribution >= 0.6 is 0 Å². The molecule has 33 heavy (non-hydrogen) atoms. The van der Waals surface area contributed by atoms with Crippen LogP contribution in [0.5, 0.6) is 5.75 Å². The predicted molar refractivity (Wildman–Crippen MR) is 120 cm³/mol. The number of aliphatic hydroxyl groups excluding tert-OH is 1. The molecule has 8 heteroatoms. The van der Waals surface area contributed by atoms with Crippen LogP contribution in [0, 0.1) is 11.6 Å². The third-order valence-corrected chi connectivity index (χ3v) is 4.88. The van der Waals surface area contributed by atoms with Crippen LogP contribution in [0.15, 0.2) is 54.1 Å². The Kier molecular flexibility index (Phi) is 9.54. The molecule has 1 atom stereocenters. The largest absolute Gasteiger partial charge is 0.512 e. The van der Waals surface area contributed by atoms with E-state index < -0.39 is 29.5 Å². The number of carbonyl (C=O) groups excluding carboxylic acids is 1. The summed E-state index contributed by atoms with van der Waals surface area (Å²) in [7, 11) is 0. The summed E-state index contributed by atoms with van der Waals surface area (Å²) >= 11 is 0. The van der Waals surface area contributed by atoms with Gasteiger partial charge in [-0.05, 0) is 26.0 Å². The molecular formula is C25H28F3NO4. The smallest absolute Gasteiger partial charge is 0.310 e. The number of aliphatic hydroxyl groups is 1. The van der Waals surface area contributed by atoms with Crippen LogP contribution in [0.1, 0.15) is 43.9 Å². The highest BCUT2D eigenvalue weighted by Gasteiger charge is 2.19. The first-order chi connectivity index (χ1) is 15.7. The second kappa shape index (κ2) is 12.1. The Morgan fingerprint density at radius 1 is 1.18 bits per heavy atom. The first-order valence-corrected chi connectivity index (χ1v) is 10.6. The van der Waals surface area contributed by atoms with Gasteiger partial charge in [-0.1, -0.05) is 31.2 Å². The van der Waals surface area contributed by atoms with Crippen LogP contribution in [0.4, 0.5) is 13.2 Å². The Morgan fingerprint density at radius 2 is 1.91 bits per heavy atom. The molecule has 0 aliphatic carbocycles. The van der Waals surface area contributed by atoms with Gasteiger partial charge in [0.15, 0.2) is 0 Å². The van der Waals surface area contributed by atoms with E-state index in [1.54, 1.807) is 19.9 Å². The van der Waals surface area contributed by atoms with E-state index in [1.165, 1.54) is 25.1 Å². The molecule has 0 saturated carbocycles. The minimum Gasteiger partial charge on any atom is -0.512 e. The number of allylic oxidation sites excluding steroid dienone is 3. The third-order valence-electron chi connectivity index (χ3n) is 4.88. The van der Waals surface area contributed by atoms with Gasteiger partial charge in [-0.3, -0.25) is 4.79 Å². The van der Waals surface area contributed by atoms with Crippen LogP contribution in [0.2, 0.25) is 0 Å². The van der Waals surface area contributed by atoms with E-state index in [4.69, 9.17) is 15.2 Å². The van der Waals surface area contributed by atoms with Gasteiger partial charge in [-0.2, -0.15) is 0 Å². The standard InChI is InChI=1S/C25H28F3NO4/c1-4-22(30)20(19-8-6-7-17(14-29)25(19)28)13-21(27)15(3)33-23-12-18(26)10-9-16(23)11-24(31)32-5-2/h6-10,12-13,15,30H,4-5,11,14,29H2,1-3H3/b21-13-,22-20-/t15-/m1/s1. The lowest BCUT2D eigenvalue weighted by Gasteiger charge is -2.17. The average molecular weight is 463 g/mol. The fraction of sp³-hybridized carbons (Fsp3) is 0.320. The highest BCUT2D eigenvalue weighted by Crippen LogP contribution is 2.29. The van der Waals surface area contributed by atoms with Crippen LogP contribution in [0.3, 0.4) is 0 Å². The van der Waals surface area contributed by atoms with Gasteiger partial charge in [0.05, 0.1) is 18.8 Å². The molecule has 2 aromatic rings. The Hall–Kier alpha value is -3.26. The van der Waals surface area contributed by atoms with Crippen LogP contribution < -0.4 is 10.5 Å². The number of ether oxygens (including phenoxy) is 2. The summed E-state index contributed by atoms with van der Waals surface area (Å²) in [5.74, 6) is -2.91. The number of esters is 1. The normalized spacial score (nSPS) is 13.4. The Morgan fingerprint density at radius 3 is 2.55 bits per heavy atom. The average Bonchev–Trinajstić information content (AvgIpc) is 2.79. The van der Waals surface area contributed by atoms with Crippen molar-refractivity contribution in [3.05, 3.63) is 82.4 Å². The Balaban J connectivity index is 2.38. The lowest BCUT2D eigenvalue weighted by atomic mass is 9.99. The van der Waals surface area contributed by atoms with Gasteiger partial charge < -0.3 is 20.3 Å². The molecule has 0 saturated heterocycles. The van der Waals surface area contributed by atoms with Crippen molar-refractivity contribution in [2.75, 3.05) is 6.61 Å². The van der Waals surface area contributed by atoms with E-state index in [1.807, 2.05) is 0 Å². The number of halogens is 3. The van der Waals surface area contributed by atoms with Crippen LogP contribution in [0.25, 0.3) is 5.57 Å². The highest BCUT2D eigenvalue weighted by molar-refractivity contribution is 5.77. The first-order valence-electron chi connectivity index (χ1n) is 10.6. The molecule has 2 rings (SSSR count). The maximum Gasteiger partial charge on any atom is 0.310 e. The maximum atomic E-state index is 15.1. The molecule has 0 fully saturated rings. The molecular weight excluding hydrogens is 435 g/mol. The zero-order valence-electron chi connectivity index (χ0n) is 18.8. The minimum absolute atomic E-state index is 0.00611. The van der Waals surface area contributed by atoms with Crippen molar-refractivity contribution < 1.29 is 32.5 Å². The van der Waals surface area contributed by atoms with Crippen LogP contribution in [-0.4, -0.2) is 23.8 Å². The monoisotopic (exact) mass is 463 g/mol. The van der Waals surface area contributed by atoms with Gasteiger partial charge in [0, 0.05) is 41.3 Å². The van der Waals surface area contributed by atoms with Crippen LogP contribution in [-0.2, 0) is 22.5 Å². The zero-order chi connectivity index (χ0) is 24.5. The van der Waals surface area contributed by atoms with Crippen molar-refractivity contribution in [1.29, 1.82) is 0 Å². The molecule has 2 aromatic carbocycles. The number of rotatable bonds is 10. The Labute approximate surface area is 191 Å². The van der Waals surface area contributed by atoms with Gasteiger partial charge in [-0.15, -0.1) is 0 Å². The minimum atomic E-state index is -1.23. The van der Waals surface area contributed by atoms with Crippen molar-refractivity contribution in [3.63, 3.8) is 0 Å². The second-order valence-electron chi connectivity index (χ2n) is 7.22. The lowest BCUT2D eigenvalue weighted by Crippen LogP contribution is -2.16. The number of nitrogens with two attached hydrogens (primary N) is 1. The van der Waals surface area contributed by atoms with E-state index in [9.17, 15) is 18.7 Å². The summed E-state index contributed by atoms with van der Waals surface area (Å²) in [4.78, 5) is 11.8. The number of carbonyl (C=O) groups is 1. The lowest BCUT2D eigenvalue weighted by molar-refractivity contribution is -0.142. The molecule has 0 aliphatic rings. The fourth-order valence-electron chi connectivity index (χ4n) is 3.11. The van der Waals surface area contributed by atoms with Gasteiger partial charge in [0.1, 0.15) is 29.3 Å². The number of hydrogen-bond acceptors (Lipinski definition) is 5. The van der Waals surface area contributed by atoms with Crippen molar-refractivity contribution >= 4 is 11.5 Å². The van der Waals surface area contributed by atoms with Crippen molar-refractivity contribution in [3.8, 4) is 5.75 Å². The first kappa shape index (κ1) is 26.0. The zero-order valence-corrected chi connectivity index (χ0v) is 18.8. The summed E-state index contributed by atoms with van der Waals surface area (Å²) in [6.07, 6.45) is -0.297. The second-order valence-corrected chi connectivity index (χ2v) is 7.22.